The number of carbonyl (C=O) groups excluding carboxylic acids is 1. The summed E-state index contributed by atoms with van der Waals surface area (Å²) in [6.07, 6.45) is 1.68. The fraction of sp³-hybridized carbons (Fsp3) is 0.316. The lowest BCUT2D eigenvalue weighted by Gasteiger charge is -2.13. The SMILES string of the molecule is CCn1c(=O)c2ccn(CC(=O)NCc3ccccc3)c2n(CC)c1=O. The number of rotatable bonds is 6. The highest BCUT2D eigenvalue weighted by molar-refractivity contribution is 5.80. The largest absolute Gasteiger partial charge is 0.350 e. The predicted molar refractivity (Wildman–Crippen MR) is 100 cm³/mol. The molecule has 0 unspecified atom stereocenters. The molecule has 0 aliphatic rings. The predicted octanol–water partition coefficient (Wildman–Crippen LogP) is 1.32. The van der Waals surface area contributed by atoms with E-state index in [1.807, 2.05) is 37.3 Å². The summed E-state index contributed by atoms with van der Waals surface area (Å²) in [6.45, 7) is 4.83. The minimum absolute atomic E-state index is 0.0470. The van der Waals surface area contributed by atoms with Crippen LogP contribution in [0.3, 0.4) is 0 Å². The minimum atomic E-state index is -0.350. The zero-order valence-electron chi connectivity index (χ0n) is 14.9. The zero-order chi connectivity index (χ0) is 18.7. The molecule has 7 heteroatoms. The van der Waals surface area contributed by atoms with Gasteiger partial charge in [-0.25, -0.2) is 4.79 Å². The van der Waals surface area contributed by atoms with Gasteiger partial charge in [0.05, 0.1) is 5.39 Å². The molecule has 3 aromatic rings. The Morgan fingerprint density at radius 3 is 2.35 bits per heavy atom. The van der Waals surface area contributed by atoms with Crippen LogP contribution >= 0.6 is 0 Å². The molecule has 26 heavy (non-hydrogen) atoms. The van der Waals surface area contributed by atoms with E-state index in [0.717, 1.165) is 5.56 Å². The molecule has 0 bridgehead atoms. The molecule has 0 saturated heterocycles. The second-order valence-corrected chi connectivity index (χ2v) is 6.02. The molecule has 0 saturated carbocycles. The average molecular weight is 354 g/mol. The lowest BCUT2D eigenvalue weighted by Crippen LogP contribution is -2.40. The van der Waals surface area contributed by atoms with Crippen molar-refractivity contribution in [3.8, 4) is 0 Å². The minimum Gasteiger partial charge on any atom is -0.350 e. The first-order valence-electron chi connectivity index (χ1n) is 8.69. The van der Waals surface area contributed by atoms with Crippen LogP contribution in [0.25, 0.3) is 11.0 Å². The monoisotopic (exact) mass is 354 g/mol. The molecule has 3 rings (SSSR count). The van der Waals surface area contributed by atoms with Crippen molar-refractivity contribution in [2.45, 2.75) is 40.0 Å². The van der Waals surface area contributed by atoms with E-state index in [-0.39, 0.29) is 23.7 Å². The third kappa shape index (κ3) is 3.20. The highest BCUT2D eigenvalue weighted by atomic mass is 16.2. The Bertz CT molecular complexity index is 1040. The van der Waals surface area contributed by atoms with Gasteiger partial charge in [-0.3, -0.25) is 18.7 Å². The van der Waals surface area contributed by atoms with E-state index in [4.69, 9.17) is 0 Å². The number of fused-ring (bicyclic) bond motifs is 1. The molecule has 0 aliphatic carbocycles. The number of aryl methyl sites for hydroxylation is 1. The van der Waals surface area contributed by atoms with Gasteiger partial charge in [0.25, 0.3) is 5.56 Å². The van der Waals surface area contributed by atoms with E-state index in [1.54, 1.807) is 23.8 Å². The molecule has 2 aromatic heterocycles. The summed E-state index contributed by atoms with van der Waals surface area (Å²) in [4.78, 5) is 37.3. The first-order chi connectivity index (χ1) is 12.6. The summed E-state index contributed by atoms with van der Waals surface area (Å²) in [5.74, 6) is -0.180. The van der Waals surface area contributed by atoms with E-state index in [1.165, 1.54) is 9.13 Å². The maximum atomic E-state index is 12.5. The Morgan fingerprint density at radius 1 is 1.00 bits per heavy atom. The second-order valence-electron chi connectivity index (χ2n) is 6.02. The summed E-state index contributed by atoms with van der Waals surface area (Å²) in [5.41, 5.74) is 0.828. The van der Waals surface area contributed by atoms with Crippen molar-refractivity contribution in [3.63, 3.8) is 0 Å². The lowest BCUT2D eigenvalue weighted by molar-refractivity contribution is -0.121. The van der Waals surface area contributed by atoms with Crippen molar-refractivity contribution in [1.82, 2.24) is 19.0 Å². The Morgan fingerprint density at radius 2 is 1.69 bits per heavy atom. The van der Waals surface area contributed by atoms with E-state index in [0.29, 0.717) is 30.7 Å². The third-order valence-corrected chi connectivity index (χ3v) is 4.41. The average Bonchev–Trinajstić information content (AvgIpc) is 3.05. The van der Waals surface area contributed by atoms with Crippen molar-refractivity contribution in [2.75, 3.05) is 0 Å². The Hall–Kier alpha value is -3.09. The number of benzene rings is 1. The fourth-order valence-electron chi connectivity index (χ4n) is 3.10. The van der Waals surface area contributed by atoms with Crippen LogP contribution in [-0.2, 0) is 31.0 Å². The topological polar surface area (TPSA) is 78.0 Å². The molecule has 1 N–H and O–H groups in total. The highest BCUT2D eigenvalue weighted by Gasteiger charge is 2.16. The van der Waals surface area contributed by atoms with Gasteiger partial charge in [-0.1, -0.05) is 30.3 Å². The smallest absolute Gasteiger partial charge is 0.332 e. The van der Waals surface area contributed by atoms with E-state index >= 15 is 0 Å². The molecule has 0 atom stereocenters. The van der Waals surface area contributed by atoms with Crippen molar-refractivity contribution in [2.24, 2.45) is 0 Å². The molecule has 0 radical (unpaired) electrons. The summed E-state index contributed by atoms with van der Waals surface area (Å²) in [7, 11) is 0. The van der Waals surface area contributed by atoms with Crippen LogP contribution < -0.4 is 16.6 Å². The second kappa shape index (κ2) is 7.43. The molecule has 0 spiro atoms. The number of nitrogens with zero attached hydrogens (tertiary/aromatic N) is 3. The summed E-state index contributed by atoms with van der Waals surface area (Å²) in [6, 6.07) is 11.3. The number of amides is 1. The third-order valence-electron chi connectivity index (χ3n) is 4.41. The van der Waals surface area contributed by atoms with Gasteiger partial charge in [-0.05, 0) is 25.5 Å². The van der Waals surface area contributed by atoms with Gasteiger partial charge in [-0.2, -0.15) is 0 Å². The molecule has 136 valence electrons. The molecule has 0 fully saturated rings. The van der Waals surface area contributed by atoms with Gasteiger partial charge in [-0.15, -0.1) is 0 Å². The maximum absolute atomic E-state index is 12.5. The fourth-order valence-corrected chi connectivity index (χ4v) is 3.10. The lowest BCUT2D eigenvalue weighted by atomic mass is 10.2. The number of aromatic nitrogens is 3. The molecule has 2 heterocycles. The summed E-state index contributed by atoms with van der Waals surface area (Å²) in [5, 5.41) is 3.31. The molecule has 0 aliphatic heterocycles. The van der Waals surface area contributed by atoms with Gasteiger partial charge in [0, 0.05) is 25.8 Å². The molecule has 7 nitrogen and oxygen atoms in total. The van der Waals surface area contributed by atoms with Gasteiger partial charge < -0.3 is 9.88 Å². The van der Waals surface area contributed by atoms with Crippen molar-refractivity contribution < 1.29 is 4.79 Å². The number of nitrogens with one attached hydrogen (secondary N) is 1. The van der Waals surface area contributed by atoms with Crippen molar-refractivity contribution in [3.05, 3.63) is 69.0 Å². The molecule has 1 amide bonds. The highest BCUT2D eigenvalue weighted by Crippen LogP contribution is 2.10. The molecular formula is C19H22N4O3. The number of carbonyl (C=O) groups is 1. The van der Waals surface area contributed by atoms with E-state index < -0.39 is 0 Å². The van der Waals surface area contributed by atoms with Crippen LogP contribution in [0, 0.1) is 0 Å². The summed E-state index contributed by atoms with van der Waals surface area (Å²) >= 11 is 0. The van der Waals surface area contributed by atoms with E-state index in [2.05, 4.69) is 5.32 Å². The summed E-state index contributed by atoms with van der Waals surface area (Å²) < 4.78 is 4.40. The van der Waals surface area contributed by atoms with Crippen molar-refractivity contribution >= 4 is 16.9 Å². The zero-order valence-corrected chi connectivity index (χ0v) is 14.9. The molecular weight excluding hydrogens is 332 g/mol. The number of hydrogen-bond donors (Lipinski definition) is 1. The first kappa shape index (κ1) is 17.7. The van der Waals surface area contributed by atoms with Gasteiger partial charge in [0.1, 0.15) is 12.2 Å². The standard InChI is InChI=1S/C19H22N4O3/c1-3-22-17-15(18(25)23(4-2)19(22)26)10-11-21(17)13-16(24)20-12-14-8-6-5-7-9-14/h5-11H,3-4,12-13H2,1-2H3,(H,20,24). The Balaban J connectivity index is 1.90. The van der Waals surface area contributed by atoms with Gasteiger partial charge >= 0.3 is 5.69 Å². The van der Waals surface area contributed by atoms with Crippen LogP contribution in [0.4, 0.5) is 0 Å². The van der Waals surface area contributed by atoms with Gasteiger partial charge in [0.15, 0.2) is 0 Å². The Kier molecular flexibility index (Phi) is 5.06. The molecule has 1 aromatic carbocycles. The van der Waals surface area contributed by atoms with E-state index in [9.17, 15) is 14.4 Å². The van der Waals surface area contributed by atoms with Crippen LogP contribution in [0.5, 0.6) is 0 Å². The normalized spacial score (nSPS) is 11.0. The van der Waals surface area contributed by atoms with Gasteiger partial charge in [0.2, 0.25) is 5.91 Å². The van der Waals surface area contributed by atoms with Crippen LogP contribution in [0.15, 0.2) is 52.2 Å². The Labute approximate surface area is 150 Å². The van der Waals surface area contributed by atoms with Crippen LogP contribution in [-0.4, -0.2) is 19.6 Å². The number of hydrogen-bond acceptors (Lipinski definition) is 3. The maximum Gasteiger partial charge on any atom is 0.332 e. The van der Waals surface area contributed by atoms with Crippen LogP contribution in [0.1, 0.15) is 19.4 Å². The van der Waals surface area contributed by atoms with Crippen molar-refractivity contribution in [1.29, 1.82) is 0 Å². The van der Waals surface area contributed by atoms with Crippen LogP contribution in [0.2, 0.25) is 0 Å². The quantitative estimate of drug-likeness (QED) is 0.725. The first-order valence-corrected chi connectivity index (χ1v) is 8.69.